The molecule has 0 spiro atoms. The minimum absolute atomic E-state index is 0.0946. The van der Waals surface area contributed by atoms with Crippen LogP contribution in [0.15, 0.2) is 67.1 Å². The highest BCUT2D eigenvalue weighted by molar-refractivity contribution is 6.30. The van der Waals surface area contributed by atoms with Crippen molar-refractivity contribution >= 4 is 29.5 Å². The molecule has 0 bridgehead atoms. The normalized spacial score (nSPS) is 15.0. The fourth-order valence-corrected chi connectivity index (χ4v) is 3.67. The number of benzene rings is 2. The number of hydrogen-bond acceptors (Lipinski definition) is 3. The molecule has 7 heteroatoms. The quantitative estimate of drug-likeness (QED) is 0.675. The molecule has 0 fully saturated rings. The number of rotatable bonds is 5. The van der Waals surface area contributed by atoms with Crippen molar-refractivity contribution in [3.05, 3.63) is 88.8 Å². The number of halogens is 1. The Morgan fingerprint density at radius 1 is 1.13 bits per heavy atom. The summed E-state index contributed by atoms with van der Waals surface area (Å²) in [7, 11) is 0. The number of carbonyl (C=O) groups excluding carboxylic acids is 2. The summed E-state index contributed by atoms with van der Waals surface area (Å²) < 4.78 is 1.73. The first kappa shape index (κ1) is 19.9. The first-order valence-electron chi connectivity index (χ1n) is 9.63. The summed E-state index contributed by atoms with van der Waals surface area (Å²) in [4.78, 5) is 26.3. The van der Waals surface area contributed by atoms with Crippen LogP contribution in [-0.2, 0) is 16.1 Å². The maximum atomic E-state index is 12.7. The SMILES string of the molecule is CC(=O)N1C=Cc2ccccc2C1CC(=O)NCc1cnn(-c2ccc(Cl)cc2)c1. The van der Waals surface area contributed by atoms with Gasteiger partial charge in [-0.3, -0.25) is 9.59 Å². The van der Waals surface area contributed by atoms with Gasteiger partial charge < -0.3 is 10.2 Å². The molecular weight excluding hydrogens is 400 g/mol. The van der Waals surface area contributed by atoms with Crippen LogP contribution in [-0.4, -0.2) is 26.5 Å². The molecule has 30 heavy (non-hydrogen) atoms. The van der Waals surface area contributed by atoms with Gasteiger partial charge in [-0.05, 0) is 41.5 Å². The molecule has 0 aliphatic carbocycles. The lowest BCUT2D eigenvalue weighted by Gasteiger charge is -2.32. The number of amides is 2. The molecular formula is C23H21ClN4O2. The van der Waals surface area contributed by atoms with Gasteiger partial charge in [-0.25, -0.2) is 4.68 Å². The molecule has 0 saturated carbocycles. The van der Waals surface area contributed by atoms with Gasteiger partial charge in [0.05, 0.1) is 24.3 Å². The van der Waals surface area contributed by atoms with E-state index >= 15 is 0 Å². The summed E-state index contributed by atoms with van der Waals surface area (Å²) in [6.45, 7) is 1.87. The van der Waals surface area contributed by atoms with E-state index in [2.05, 4.69) is 10.4 Å². The third-order valence-electron chi connectivity index (χ3n) is 5.06. The third-order valence-corrected chi connectivity index (χ3v) is 5.32. The van der Waals surface area contributed by atoms with Gasteiger partial charge in [-0.1, -0.05) is 35.9 Å². The van der Waals surface area contributed by atoms with Crippen molar-refractivity contribution in [1.82, 2.24) is 20.0 Å². The van der Waals surface area contributed by atoms with Gasteiger partial charge in [0, 0.05) is 36.5 Å². The largest absolute Gasteiger partial charge is 0.352 e. The Morgan fingerprint density at radius 2 is 1.90 bits per heavy atom. The topological polar surface area (TPSA) is 67.2 Å². The van der Waals surface area contributed by atoms with Crippen LogP contribution < -0.4 is 5.32 Å². The van der Waals surface area contributed by atoms with Crippen molar-refractivity contribution in [3.8, 4) is 5.69 Å². The van der Waals surface area contributed by atoms with E-state index in [4.69, 9.17) is 11.6 Å². The highest BCUT2D eigenvalue weighted by atomic mass is 35.5. The van der Waals surface area contributed by atoms with Crippen molar-refractivity contribution in [3.63, 3.8) is 0 Å². The van der Waals surface area contributed by atoms with E-state index in [0.29, 0.717) is 11.6 Å². The second-order valence-electron chi connectivity index (χ2n) is 7.14. The molecule has 6 nitrogen and oxygen atoms in total. The molecule has 2 aromatic carbocycles. The van der Waals surface area contributed by atoms with Crippen LogP contribution in [0.5, 0.6) is 0 Å². The monoisotopic (exact) mass is 420 g/mol. The van der Waals surface area contributed by atoms with Crippen LogP contribution >= 0.6 is 11.6 Å². The number of fused-ring (bicyclic) bond motifs is 1. The van der Waals surface area contributed by atoms with Gasteiger partial charge in [-0.15, -0.1) is 0 Å². The summed E-state index contributed by atoms with van der Waals surface area (Å²) in [5.74, 6) is -0.224. The maximum Gasteiger partial charge on any atom is 0.223 e. The van der Waals surface area contributed by atoms with Crippen LogP contribution in [0, 0.1) is 0 Å². The highest BCUT2D eigenvalue weighted by Crippen LogP contribution is 2.32. The minimum atomic E-state index is -0.319. The second kappa shape index (κ2) is 8.55. The standard InChI is InChI=1S/C23H21ClN4O2/c1-16(29)27-11-10-18-4-2-3-5-21(18)22(27)12-23(30)25-13-17-14-26-28(15-17)20-8-6-19(24)7-9-20/h2-11,14-15,22H,12-13H2,1H3,(H,25,30). The summed E-state index contributed by atoms with van der Waals surface area (Å²) in [5, 5.41) is 7.93. The van der Waals surface area contributed by atoms with E-state index in [-0.39, 0.29) is 24.3 Å². The highest BCUT2D eigenvalue weighted by Gasteiger charge is 2.28. The summed E-state index contributed by atoms with van der Waals surface area (Å²) in [5.41, 5.74) is 3.77. The smallest absolute Gasteiger partial charge is 0.223 e. The number of aromatic nitrogens is 2. The minimum Gasteiger partial charge on any atom is -0.352 e. The van der Waals surface area contributed by atoms with Gasteiger partial charge in [0.25, 0.3) is 0 Å². The van der Waals surface area contributed by atoms with Crippen molar-refractivity contribution in [2.24, 2.45) is 0 Å². The van der Waals surface area contributed by atoms with E-state index in [9.17, 15) is 9.59 Å². The Bertz CT molecular complexity index is 1100. The zero-order chi connectivity index (χ0) is 21.1. The molecule has 0 radical (unpaired) electrons. The number of nitrogens with one attached hydrogen (secondary N) is 1. The van der Waals surface area contributed by atoms with Gasteiger partial charge in [0.1, 0.15) is 0 Å². The second-order valence-corrected chi connectivity index (χ2v) is 7.57. The van der Waals surface area contributed by atoms with Gasteiger partial charge >= 0.3 is 0 Å². The summed E-state index contributed by atoms with van der Waals surface area (Å²) >= 11 is 5.92. The molecule has 1 N–H and O–H groups in total. The molecule has 1 aromatic heterocycles. The van der Waals surface area contributed by atoms with Crippen LogP contribution in [0.2, 0.25) is 5.02 Å². The molecule has 4 rings (SSSR count). The lowest BCUT2D eigenvalue weighted by molar-refractivity contribution is -0.130. The van der Waals surface area contributed by atoms with Crippen LogP contribution in [0.1, 0.15) is 36.1 Å². The van der Waals surface area contributed by atoms with E-state index in [1.54, 1.807) is 34.1 Å². The Morgan fingerprint density at radius 3 is 2.67 bits per heavy atom. The zero-order valence-corrected chi connectivity index (χ0v) is 17.2. The molecule has 2 heterocycles. The van der Waals surface area contributed by atoms with Gasteiger partial charge in [0.2, 0.25) is 11.8 Å². The molecule has 1 aliphatic rings. The first-order chi connectivity index (χ1) is 14.5. The van der Waals surface area contributed by atoms with Crippen molar-refractivity contribution < 1.29 is 9.59 Å². The maximum absolute atomic E-state index is 12.7. The number of hydrogen-bond donors (Lipinski definition) is 1. The Hall–Kier alpha value is -3.38. The molecule has 2 amide bonds. The Kier molecular flexibility index (Phi) is 5.68. The molecule has 152 valence electrons. The van der Waals surface area contributed by atoms with E-state index in [1.807, 2.05) is 48.7 Å². The average Bonchev–Trinajstić information content (AvgIpc) is 3.22. The molecule has 1 unspecified atom stereocenters. The number of nitrogens with zero attached hydrogens (tertiary/aromatic N) is 3. The third kappa shape index (κ3) is 4.28. The van der Waals surface area contributed by atoms with Crippen molar-refractivity contribution in [1.29, 1.82) is 0 Å². The molecule has 3 aromatic rings. The first-order valence-corrected chi connectivity index (χ1v) is 10.0. The van der Waals surface area contributed by atoms with Crippen LogP contribution in [0.3, 0.4) is 0 Å². The summed E-state index contributed by atoms with van der Waals surface area (Å²) in [6.07, 6.45) is 7.42. The fourth-order valence-electron chi connectivity index (χ4n) is 3.55. The van der Waals surface area contributed by atoms with E-state index in [0.717, 1.165) is 22.4 Å². The lowest BCUT2D eigenvalue weighted by atomic mass is 9.93. The average molecular weight is 421 g/mol. The van der Waals surface area contributed by atoms with Crippen molar-refractivity contribution in [2.45, 2.75) is 25.9 Å². The van der Waals surface area contributed by atoms with Crippen LogP contribution in [0.4, 0.5) is 0 Å². The zero-order valence-electron chi connectivity index (χ0n) is 16.5. The van der Waals surface area contributed by atoms with Gasteiger partial charge in [-0.2, -0.15) is 5.10 Å². The predicted molar refractivity (Wildman–Crippen MR) is 116 cm³/mol. The molecule has 1 aliphatic heterocycles. The summed E-state index contributed by atoms with van der Waals surface area (Å²) in [6, 6.07) is 14.9. The van der Waals surface area contributed by atoms with Crippen LogP contribution in [0.25, 0.3) is 11.8 Å². The van der Waals surface area contributed by atoms with Crippen molar-refractivity contribution in [2.75, 3.05) is 0 Å². The Labute approximate surface area is 179 Å². The fraction of sp³-hybridized carbons (Fsp3) is 0.174. The Balaban J connectivity index is 1.41. The van der Waals surface area contributed by atoms with E-state index < -0.39 is 0 Å². The predicted octanol–water partition coefficient (Wildman–Crippen LogP) is 4.11. The molecule has 0 saturated heterocycles. The number of carbonyl (C=O) groups is 2. The molecule has 1 atom stereocenters. The van der Waals surface area contributed by atoms with E-state index in [1.165, 1.54) is 6.92 Å². The lowest BCUT2D eigenvalue weighted by Crippen LogP contribution is -2.35. The van der Waals surface area contributed by atoms with Gasteiger partial charge in [0.15, 0.2) is 0 Å².